The Kier molecular flexibility index (Phi) is 6.65. The molecule has 0 bridgehead atoms. The zero-order valence-corrected chi connectivity index (χ0v) is 19.0. The van der Waals surface area contributed by atoms with Crippen LogP contribution in [0.25, 0.3) is 0 Å². The van der Waals surface area contributed by atoms with E-state index in [1.807, 2.05) is 6.07 Å². The highest BCUT2D eigenvalue weighted by Crippen LogP contribution is 2.42. The van der Waals surface area contributed by atoms with Crippen molar-refractivity contribution in [3.8, 4) is 0 Å². The molecule has 3 nitrogen and oxygen atoms in total. The van der Waals surface area contributed by atoms with Crippen LogP contribution in [0.2, 0.25) is 10.0 Å². The first-order valence-electron chi connectivity index (χ1n) is 9.90. The van der Waals surface area contributed by atoms with Crippen LogP contribution in [0.5, 0.6) is 0 Å². The second-order valence-corrected chi connectivity index (χ2v) is 9.05. The van der Waals surface area contributed by atoms with Gasteiger partial charge >= 0.3 is 0 Å². The Bertz CT molecular complexity index is 1200. The molecule has 31 heavy (non-hydrogen) atoms. The van der Waals surface area contributed by atoms with Gasteiger partial charge in [0.2, 0.25) is 0 Å². The van der Waals surface area contributed by atoms with Crippen molar-refractivity contribution in [3.05, 3.63) is 87.2 Å². The lowest BCUT2D eigenvalue weighted by molar-refractivity contribution is 0.0953. The highest BCUT2D eigenvalue weighted by molar-refractivity contribution is 7.99. The predicted molar refractivity (Wildman–Crippen MR) is 126 cm³/mol. The van der Waals surface area contributed by atoms with E-state index in [0.717, 1.165) is 28.2 Å². The SMILES string of the molecule is CCCCNC(=O)c1ccc2c(c1)N=C(c1ccc(Cl)cc1Cl)c1ccc(F)cc1S2. The highest BCUT2D eigenvalue weighted by Gasteiger charge is 2.22. The van der Waals surface area contributed by atoms with E-state index in [-0.39, 0.29) is 11.7 Å². The molecule has 1 heterocycles. The van der Waals surface area contributed by atoms with E-state index < -0.39 is 0 Å². The van der Waals surface area contributed by atoms with Gasteiger partial charge in [-0.2, -0.15) is 0 Å². The van der Waals surface area contributed by atoms with Crippen LogP contribution in [0, 0.1) is 5.82 Å². The summed E-state index contributed by atoms with van der Waals surface area (Å²) in [7, 11) is 0. The van der Waals surface area contributed by atoms with Crippen molar-refractivity contribution in [2.45, 2.75) is 29.6 Å². The van der Waals surface area contributed by atoms with E-state index >= 15 is 0 Å². The summed E-state index contributed by atoms with van der Waals surface area (Å²) in [4.78, 5) is 19.0. The molecule has 0 aromatic heterocycles. The molecule has 4 rings (SSSR count). The minimum Gasteiger partial charge on any atom is -0.352 e. The van der Waals surface area contributed by atoms with Crippen LogP contribution in [0.15, 0.2) is 69.4 Å². The van der Waals surface area contributed by atoms with Crippen molar-refractivity contribution < 1.29 is 9.18 Å². The number of nitrogens with zero attached hydrogens (tertiary/aromatic N) is 1. The van der Waals surface area contributed by atoms with Gasteiger partial charge in [-0.25, -0.2) is 9.38 Å². The first-order chi connectivity index (χ1) is 15.0. The normalized spacial score (nSPS) is 12.5. The van der Waals surface area contributed by atoms with Crippen molar-refractivity contribution in [2.24, 2.45) is 4.99 Å². The molecule has 3 aromatic carbocycles. The van der Waals surface area contributed by atoms with E-state index in [2.05, 4.69) is 12.2 Å². The van der Waals surface area contributed by atoms with Gasteiger partial charge in [0.25, 0.3) is 5.91 Å². The number of fused-ring (bicyclic) bond motifs is 2. The minimum atomic E-state index is -0.330. The second kappa shape index (κ2) is 9.43. The summed E-state index contributed by atoms with van der Waals surface area (Å²) < 4.78 is 14.0. The molecule has 0 saturated heterocycles. The van der Waals surface area contributed by atoms with Crippen LogP contribution < -0.4 is 5.32 Å². The van der Waals surface area contributed by atoms with E-state index in [0.29, 0.717) is 39.1 Å². The summed E-state index contributed by atoms with van der Waals surface area (Å²) >= 11 is 14.0. The molecule has 0 spiro atoms. The first kappa shape index (κ1) is 21.9. The highest BCUT2D eigenvalue weighted by atomic mass is 35.5. The summed E-state index contributed by atoms with van der Waals surface area (Å²) in [6, 6.07) is 15.2. The molecule has 7 heteroatoms. The van der Waals surface area contributed by atoms with Crippen molar-refractivity contribution in [2.75, 3.05) is 6.54 Å². The third kappa shape index (κ3) is 4.79. The molecule has 0 fully saturated rings. The fraction of sp³-hybridized carbons (Fsp3) is 0.167. The largest absolute Gasteiger partial charge is 0.352 e. The fourth-order valence-corrected chi connectivity index (χ4v) is 4.80. The number of unbranched alkanes of at least 4 members (excludes halogenated alkanes) is 1. The third-order valence-electron chi connectivity index (χ3n) is 4.87. The number of carbonyl (C=O) groups is 1. The second-order valence-electron chi connectivity index (χ2n) is 7.12. The number of amides is 1. The van der Waals surface area contributed by atoms with Gasteiger partial charge in [-0.05, 0) is 61.0 Å². The lowest BCUT2D eigenvalue weighted by Gasteiger charge is -2.11. The van der Waals surface area contributed by atoms with Crippen LogP contribution in [0.4, 0.5) is 10.1 Å². The topological polar surface area (TPSA) is 41.5 Å². The van der Waals surface area contributed by atoms with Crippen molar-refractivity contribution >= 4 is 52.3 Å². The number of aliphatic imine (C=N–C) groups is 1. The maximum absolute atomic E-state index is 14.0. The first-order valence-corrected chi connectivity index (χ1v) is 11.5. The number of benzene rings is 3. The number of nitrogens with one attached hydrogen (secondary N) is 1. The summed E-state index contributed by atoms with van der Waals surface area (Å²) in [6.07, 6.45) is 1.93. The number of rotatable bonds is 5. The zero-order valence-electron chi connectivity index (χ0n) is 16.7. The van der Waals surface area contributed by atoms with Crippen molar-refractivity contribution in [1.82, 2.24) is 5.32 Å². The molecule has 158 valence electrons. The molecule has 1 amide bonds. The van der Waals surface area contributed by atoms with Crippen LogP contribution in [-0.2, 0) is 0 Å². The van der Waals surface area contributed by atoms with E-state index in [1.54, 1.807) is 36.4 Å². The number of hydrogen-bond donors (Lipinski definition) is 1. The molecule has 0 unspecified atom stereocenters. The quantitative estimate of drug-likeness (QED) is 0.309. The Hall–Kier alpha value is -2.34. The number of halogens is 3. The third-order valence-corrected chi connectivity index (χ3v) is 6.54. The van der Waals surface area contributed by atoms with Gasteiger partial charge in [0.1, 0.15) is 5.82 Å². The number of carbonyl (C=O) groups excluding carboxylic acids is 1. The van der Waals surface area contributed by atoms with Gasteiger partial charge in [0, 0.05) is 38.0 Å². The lowest BCUT2D eigenvalue weighted by Crippen LogP contribution is -2.24. The molecule has 0 radical (unpaired) electrons. The molecule has 0 aliphatic carbocycles. The molecule has 0 saturated carbocycles. The zero-order chi connectivity index (χ0) is 22.0. The maximum Gasteiger partial charge on any atom is 0.251 e. The predicted octanol–water partition coefficient (Wildman–Crippen LogP) is 7.30. The average Bonchev–Trinajstić information content (AvgIpc) is 2.89. The molecule has 0 atom stereocenters. The Morgan fingerprint density at radius 1 is 1.03 bits per heavy atom. The molecule has 1 aliphatic rings. The smallest absolute Gasteiger partial charge is 0.251 e. The van der Waals surface area contributed by atoms with Crippen LogP contribution in [0.1, 0.15) is 41.3 Å². The van der Waals surface area contributed by atoms with E-state index in [4.69, 9.17) is 28.2 Å². The van der Waals surface area contributed by atoms with Gasteiger partial charge < -0.3 is 5.32 Å². The molecule has 1 N–H and O–H groups in total. The Balaban J connectivity index is 1.84. The Morgan fingerprint density at radius 2 is 1.84 bits per heavy atom. The lowest BCUT2D eigenvalue weighted by atomic mass is 10.0. The maximum atomic E-state index is 14.0. The van der Waals surface area contributed by atoms with Crippen molar-refractivity contribution in [3.63, 3.8) is 0 Å². The van der Waals surface area contributed by atoms with Gasteiger partial charge in [0.05, 0.1) is 16.4 Å². The number of hydrogen-bond acceptors (Lipinski definition) is 3. The molecular weight excluding hydrogens is 454 g/mol. The summed E-state index contributed by atoms with van der Waals surface area (Å²) in [5.41, 5.74) is 3.21. The van der Waals surface area contributed by atoms with Crippen LogP contribution in [0.3, 0.4) is 0 Å². The van der Waals surface area contributed by atoms with Crippen LogP contribution >= 0.6 is 35.0 Å². The minimum absolute atomic E-state index is 0.143. The average molecular weight is 473 g/mol. The summed E-state index contributed by atoms with van der Waals surface area (Å²) in [6.45, 7) is 2.70. The van der Waals surface area contributed by atoms with Gasteiger partial charge in [-0.15, -0.1) is 0 Å². The summed E-state index contributed by atoms with van der Waals surface area (Å²) in [5, 5.41) is 3.89. The van der Waals surface area contributed by atoms with E-state index in [1.165, 1.54) is 23.9 Å². The van der Waals surface area contributed by atoms with Gasteiger partial charge in [0.15, 0.2) is 0 Å². The molecule has 3 aromatic rings. The standard InChI is InChI=1S/C24H19Cl2FN2OS/c1-2-3-10-28-24(30)14-4-9-21-20(11-14)29-23(17-7-5-15(25)12-19(17)26)18-8-6-16(27)13-22(18)31-21/h4-9,11-13H,2-3,10H2,1H3,(H,28,30). The van der Waals surface area contributed by atoms with Gasteiger partial charge in [-0.1, -0.05) is 48.3 Å². The molecule has 1 aliphatic heterocycles. The van der Waals surface area contributed by atoms with E-state index in [9.17, 15) is 9.18 Å². The monoisotopic (exact) mass is 472 g/mol. The Morgan fingerprint density at radius 3 is 2.61 bits per heavy atom. The van der Waals surface area contributed by atoms with Gasteiger partial charge in [-0.3, -0.25) is 4.79 Å². The molecular formula is C24H19Cl2FN2OS. The fourth-order valence-electron chi connectivity index (χ4n) is 3.28. The van der Waals surface area contributed by atoms with Crippen LogP contribution in [-0.4, -0.2) is 18.2 Å². The Labute approximate surface area is 194 Å². The van der Waals surface area contributed by atoms with Crippen molar-refractivity contribution in [1.29, 1.82) is 0 Å². The summed E-state index contributed by atoms with van der Waals surface area (Å²) in [5.74, 6) is -0.474.